The number of piperidine rings is 1. The first-order chi connectivity index (χ1) is 13.0. The Balaban J connectivity index is 1.77. The Morgan fingerprint density at radius 3 is 2.81 bits per heavy atom. The Kier molecular flexibility index (Phi) is 6.07. The molecule has 0 unspecified atom stereocenters. The first-order valence-corrected chi connectivity index (χ1v) is 9.89. The molecule has 0 bridgehead atoms. The van der Waals surface area contributed by atoms with E-state index in [1.165, 1.54) is 16.2 Å². The van der Waals surface area contributed by atoms with E-state index in [1.807, 2.05) is 0 Å². The number of carbonyl (C=O) groups excluding carboxylic acids is 4. The van der Waals surface area contributed by atoms with Gasteiger partial charge in [0.25, 0.3) is 11.8 Å². The van der Waals surface area contributed by atoms with Gasteiger partial charge in [0, 0.05) is 19.6 Å². The summed E-state index contributed by atoms with van der Waals surface area (Å²) >= 11 is 1.31. The van der Waals surface area contributed by atoms with E-state index in [1.54, 1.807) is 22.4 Å². The second-order valence-corrected chi connectivity index (χ2v) is 7.52. The van der Waals surface area contributed by atoms with Gasteiger partial charge >= 0.3 is 0 Å². The van der Waals surface area contributed by atoms with Crippen LogP contribution in [0.1, 0.15) is 22.5 Å². The number of carbonyl (C=O) groups is 4. The SMILES string of the molecule is [NH3+]CC(=O)N1CCN(C(=O)c2cccs2)[C@@H](C(=O)N[C@H]2CCCNC2=O)C1. The summed E-state index contributed by atoms with van der Waals surface area (Å²) in [4.78, 5) is 53.4. The highest BCUT2D eigenvalue weighted by Gasteiger charge is 2.39. The van der Waals surface area contributed by atoms with Gasteiger partial charge in [-0.05, 0) is 24.3 Å². The third-order valence-electron chi connectivity index (χ3n) is 4.84. The molecule has 2 fully saturated rings. The van der Waals surface area contributed by atoms with Crippen molar-refractivity contribution >= 4 is 35.0 Å². The summed E-state index contributed by atoms with van der Waals surface area (Å²) in [5, 5.41) is 7.28. The molecular weight excluding hydrogens is 370 g/mol. The number of nitrogens with one attached hydrogen (secondary N) is 2. The molecule has 146 valence electrons. The zero-order valence-corrected chi connectivity index (χ0v) is 15.8. The van der Waals surface area contributed by atoms with Crippen LogP contribution in [0.4, 0.5) is 0 Å². The van der Waals surface area contributed by atoms with Crippen LogP contribution in [0.15, 0.2) is 17.5 Å². The number of piperazine rings is 1. The highest BCUT2D eigenvalue weighted by Crippen LogP contribution is 2.18. The van der Waals surface area contributed by atoms with Crippen molar-refractivity contribution in [2.75, 3.05) is 32.7 Å². The summed E-state index contributed by atoms with van der Waals surface area (Å²) in [6.07, 6.45) is 1.34. The molecule has 27 heavy (non-hydrogen) atoms. The van der Waals surface area contributed by atoms with E-state index in [0.717, 1.165) is 6.42 Å². The van der Waals surface area contributed by atoms with Gasteiger partial charge in [0.1, 0.15) is 12.1 Å². The molecule has 2 aliphatic rings. The minimum atomic E-state index is -0.835. The number of thiophene rings is 1. The average Bonchev–Trinajstić information content (AvgIpc) is 3.23. The van der Waals surface area contributed by atoms with Crippen molar-refractivity contribution in [1.82, 2.24) is 20.4 Å². The van der Waals surface area contributed by atoms with Gasteiger partial charge in [-0.2, -0.15) is 0 Å². The minimum absolute atomic E-state index is 0.0955. The van der Waals surface area contributed by atoms with Crippen molar-refractivity contribution in [3.05, 3.63) is 22.4 Å². The topological polar surface area (TPSA) is 126 Å². The van der Waals surface area contributed by atoms with E-state index < -0.39 is 18.0 Å². The first kappa shape index (κ1) is 19.3. The van der Waals surface area contributed by atoms with Gasteiger partial charge in [0.05, 0.1) is 11.4 Å². The zero-order valence-electron chi connectivity index (χ0n) is 15.0. The lowest BCUT2D eigenvalue weighted by atomic mass is 10.0. The molecule has 10 heteroatoms. The summed E-state index contributed by atoms with van der Waals surface area (Å²) in [5.41, 5.74) is 3.61. The van der Waals surface area contributed by atoms with Crippen molar-refractivity contribution in [3.63, 3.8) is 0 Å². The molecular formula is C17H24N5O4S+. The molecule has 0 aromatic carbocycles. The third-order valence-corrected chi connectivity index (χ3v) is 5.70. The van der Waals surface area contributed by atoms with Crippen molar-refractivity contribution < 1.29 is 24.9 Å². The van der Waals surface area contributed by atoms with Crippen LogP contribution in [0.25, 0.3) is 0 Å². The van der Waals surface area contributed by atoms with Gasteiger partial charge in [-0.3, -0.25) is 19.2 Å². The van der Waals surface area contributed by atoms with Gasteiger partial charge in [-0.25, -0.2) is 0 Å². The van der Waals surface area contributed by atoms with E-state index in [2.05, 4.69) is 16.4 Å². The van der Waals surface area contributed by atoms with Crippen molar-refractivity contribution in [3.8, 4) is 0 Å². The van der Waals surface area contributed by atoms with Crippen LogP contribution in [-0.4, -0.2) is 78.2 Å². The number of hydrogen-bond acceptors (Lipinski definition) is 5. The summed E-state index contributed by atoms with van der Waals surface area (Å²) in [5.74, 6) is -1.03. The largest absolute Gasteiger partial charge is 0.354 e. The Morgan fingerprint density at radius 2 is 2.15 bits per heavy atom. The fraction of sp³-hybridized carbons (Fsp3) is 0.529. The Bertz CT molecular complexity index is 723. The van der Waals surface area contributed by atoms with E-state index >= 15 is 0 Å². The standard InChI is InChI=1S/C17H23N5O4S/c18-9-14(23)21-6-7-22(17(26)13-4-2-8-27-13)12(10-21)16(25)20-11-3-1-5-19-15(11)24/h2,4,8,11-12H,1,3,5-7,9-10,18H2,(H,19,24)(H,20,25)/p+1/t11-,12+/m0/s1. The highest BCUT2D eigenvalue weighted by atomic mass is 32.1. The van der Waals surface area contributed by atoms with Crippen LogP contribution >= 0.6 is 11.3 Å². The van der Waals surface area contributed by atoms with Crippen LogP contribution in [0, 0.1) is 0 Å². The van der Waals surface area contributed by atoms with Crippen molar-refractivity contribution in [2.24, 2.45) is 0 Å². The molecule has 0 radical (unpaired) electrons. The molecule has 1 aromatic rings. The lowest BCUT2D eigenvalue weighted by Crippen LogP contribution is -2.66. The lowest BCUT2D eigenvalue weighted by molar-refractivity contribution is -0.357. The van der Waals surface area contributed by atoms with Gasteiger partial charge in [-0.15, -0.1) is 11.3 Å². The van der Waals surface area contributed by atoms with Gasteiger partial charge in [0.15, 0.2) is 6.54 Å². The van der Waals surface area contributed by atoms with E-state index in [4.69, 9.17) is 0 Å². The predicted molar refractivity (Wildman–Crippen MR) is 97.7 cm³/mol. The summed E-state index contributed by atoms with van der Waals surface area (Å²) < 4.78 is 0. The van der Waals surface area contributed by atoms with E-state index in [9.17, 15) is 19.2 Å². The predicted octanol–water partition coefficient (Wildman–Crippen LogP) is -1.96. The Labute approximate surface area is 160 Å². The maximum Gasteiger partial charge on any atom is 0.277 e. The molecule has 3 rings (SSSR count). The number of amides is 4. The lowest BCUT2D eigenvalue weighted by Gasteiger charge is -2.40. The maximum atomic E-state index is 12.9. The second kappa shape index (κ2) is 8.49. The molecule has 4 amide bonds. The van der Waals surface area contributed by atoms with Gasteiger partial charge in [-0.1, -0.05) is 6.07 Å². The molecule has 0 saturated carbocycles. The van der Waals surface area contributed by atoms with E-state index in [0.29, 0.717) is 24.4 Å². The fourth-order valence-electron chi connectivity index (χ4n) is 3.35. The molecule has 5 N–H and O–H groups in total. The average molecular weight is 394 g/mol. The van der Waals surface area contributed by atoms with E-state index in [-0.39, 0.29) is 37.4 Å². The van der Waals surface area contributed by atoms with Crippen molar-refractivity contribution in [1.29, 1.82) is 0 Å². The van der Waals surface area contributed by atoms with Crippen LogP contribution in [-0.2, 0) is 14.4 Å². The van der Waals surface area contributed by atoms with Crippen LogP contribution in [0.3, 0.4) is 0 Å². The number of hydrogen-bond donors (Lipinski definition) is 3. The molecule has 0 aliphatic carbocycles. The fourth-order valence-corrected chi connectivity index (χ4v) is 4.03. The van der Waals surface area contributed by atoms with Gasteiger partial charge < -0.3 is 26.2 Å². The van der Waals surface area contributed by atoms with Crippen LogP contribution in [0.5, 0.6) is 0 Å². The Morgan fingerprint density at radius 1 is 1.33 bits per heavy atom. The number of rotatable bonds is 4. The molecule has 2 aliphatic heterocycles. The smallest absolute Gasteiger partial charge is 0.277 e. The molecule has 9 nitrogen and oxygen atoms in total. The molecule has 3 heterocycles. The quantitative estimate of drug-likeness (QED) is 0.548. The maximum absolute atomic E-state index is 12.9. The third kappa shape index (κ3) is 4.28. The minimum Gasteiger partial charge on any atom is -0.354 e. The zero-order chi connectivity index (χ0) is 19.4. The van der Waals surface area contributed by atoms with Crippen molar-refractivity contribution in [2.45, 2.75) is 24.9 Å². The molecule has 0 spiro atoms. The second-order valence-electron chi connectivity index (χ2n) is 6.58. The van der Waals surface area contributed by atoms with Crippen LogP contribution in [0.2, 0.25) is 0 Å². The number of nitrogens with zero attached hydrogens (tertiary/aromatic N) is 2. The molecule has 1 aromatic heterocycles. The Hall–Kier alpha value is -2.46. The summed E-state index contributed by atoms with van der Waals surface area (Å²) in [6.45, 7) is 1.42. The van der Waals surface area contributed by atoms with Crippen LogP contribution < -0.4 is 16.4 Å². The monoisotopic (exact) mass is 394 g/mol. The number of quaternary nitrogens is 1. The normalized spacial score (nSPS) is 22.9. The summed E-state index contributed by atoms with van der Waals surface area (Å²) in [7, 11) is 0. The highest BCUT2D eigenvalue weighted by molar-refractivity contribution is 7.12. The molecule has 2 atom stereocenters. The van der Waals surface area contributed by atoms with Gasteiger partial charge in [0.2, 0.25) is 11.8 Å². The first-order valence-electron chi connectivity index (χ1n) is 9.01. The molecule has 2 saturated heterocycles. The summed E-state index contributed by atoms with van der Waals surface area (Å²) in [6, 6.07) is 2.05.